The summed E-state index contributed by atoms with van der Waals surface area (Å²) in [6, 6.07) is 19.4. The maximum Gasteiger partial charge on any atom is 0.344 e. The third kappa shape index (κ3) is 3.57. The number of carbonyl (C=O) groups is 1. The van der Waals surface area contributed by atoms with E-state index < -0.39 is 5.97 Å². The minimum absolute atomic E-state index is 0.292. The van der Waals surface area contributed by atoms with E-state index in [1.807, 2.05) is 79.7 Å². The number of hydrogen-bond donors (Lipinski definition) is 0. The Bertz CT molecular complexity index is 894. The van der Waals surface area contributed by atoms with Crippen LogP contribution in [0.2, 0.25) is 0 Å². The minimum Gasteiger partial charge on any atom is -0.462 e. The Morgan fingerprint density at radius 3 is 2.04 bits per heavy atom. The molecule has 0 atom stereocenters. The number of rotatable bonds is 5. The lowest BCUT2D eigenvalue weighted by Gasteiger charge is -2.19. The fourth-order valence-electron chi connectivity index (χ4n) is 2.68. The first-order valence-corrected chi connectivity index (χ1v) is 8.49. The van der Waals surface area contributed by atoms with Crippen LogP contribution in [0.25, 0.3) is 22.6 Å². The summed E-state index contributed by atoms with van der Waals surface area (Å²) in [5.74, 6) is 0.687. The molecule has 0 N–H and O–H groups in total. The average molecular weight is 347 g/mol. The number of nitrogens with zero attached hydrogens (tertiary/aromatic N) is 3. The van der Waals surface area contributed by atoms with Crippen LogP contribution in [0.4, 0.5) is 5.82 Å². The third-order valence-electron chi connectivity index (χ3n) is 3.87. The summed E-state index contributed by atoms with van der Waals surface area (Å²) >= 11 is 0. The summed E-state index contributed by atoms with van der Waals surface area (Å²) in [5.41, 5.74) is 2.69. The second-order valence-corrected chi connectivity index (χ2v) is 5.94. The first-order valence-electron chi connectivity index (χ1n) is 8.49. The summed E-state index contributed by atoms with van der Waals surface area (Å²) in [5, 5.41) is 0. The van der Waals surface area contributed by atoms with Gasteiger partial charge in [0.05, 0.1) is 12.3 Å². The second-order valence-electron chi connectivity index (χ2n) is 5.94. The summed E-state index contributed by atoms with van der Waals surface area (Å²) in [6.45, 7) is 2.08. The SMILES string of the molecule is CCOC(=O)c1c(-c2ccccc2)nc(-c2ccccc2)nc1N(C)C. The molecular weight excluding hydrogens is 326 g/mol. The lowest BCUT2D eigenvalue weighted by molar-refractivity contribution is 0.0527. The molecule has 0 aliphatic rings. The van der Waals surface area contributed by atoms with Crippen LogP contribution in [0, 0.1) is 0 Å². The monoisotopic (exact) mass is 347 g/mol. The fourth-order valence-corrected chi connectivity index (χ4v) is 2.68. The molecule has 0 saturated carbocycles. The molecule has 0 unspecified atom stereocenters. The maximum absolute atomic E-state index is 12.7. The normalized spacial score (nSPS) is 10.4. The number of hydrogen-bond acceptors (Lipinski definition) is 5. The molecule has 26 heavy (non-hydrogen) atoms. The van der Waals surface area contributed by atoms with E-state index in [-0.39, 0.29) is 0 Å². The van der Waals surface area contributed by atoms with Gasteiger partial charge in [-0.1, -0.05) is 60.7 Å². The lowest BCUT2D eigenvalue weighted by atomic mass is 10.0. The Labute approximate surface area is 153 Å². The van der Waals surface area contributed by atoms with E-state index in [4.69, 9.17) is 9.72 Å². The van der Waals surface area contributed by atoms with E-state index in [2.05, 4.69) is 4.98 Å². The topological polar surface area (TPSA) is 55.3 Å². The van der Waals surface area contributed by atoms with E-state index >= 15 is 0 Å². The van der Waals surface area contributed by atoms with Gasteiger partial charge < -0.3 is 9.64 Å². The van der Waals surface area contributed by atoms with Gasteiger partial charge in [-0.2, -0.15) is 0 Å². The minimum atomic E-state index is -0.422. The molecule has 1 aromatic heterocycles. The predicted molar refractivity (Wildman–Crippen MR) is 103 cm³/mol. The van der Waals surface area contributed by atoms with Crippen molar-refractivity contribution in [1.82, 2.24) is 9.97 Å². The largest absolute Gasteiger partial charge is 0.462 e. The van der Waals surface area contributed by atoms with Crippen LogP contribution in [0.15, 0.2) is 60.7 Å². The Balaban J connectivity index is 2.30. The van der Waals surface area contributed by atoms with Gasteiger partial charge in [-0.3, -0.25) is 0 Å². The molecule has 0 spiro atoms. The van der Waals surface area contributed by atoms with E-state index in [1.165, 1.54) is 0 Å². The molecule has 3 aromatic rings. The van der Waals surface area contributed by atoms with Gasteiger partial charge in [0.15, 0.2) is 5.82 Å². The van der Waals surface area contributed by atoms with Crippen LogP contribution in [0.1, 0.15) is 17.3 Å². The zero-order valence-corrected chi connectivity index (χ0v) is 15.1. The van der Waals surface area contributed by atoms with Crippen molar-refractivity contribution in [3.63, 3.8) is 0 Å². The summed E-state index contributed by atoms with van der Waals surface area (Å²) in [6.07, 6.45) is 0. The molecule has 2 aromatic carbocycles. The van der Waals surface area contributed by atoms with Crippen LogP contribution in [-0.4, -0.2) is 36.6 Å². The van der Waals surface area contributed by atoms with Crippen molar-refractivity contribution in [2.75, 3.05) is 25.6 Å². The molecule has 0 bridgehead atoms. The van der Waals surface area contributed by atoms with Gasteiger partial charge in [0.25, 0.3) is 0 Å². The molecule has 1 heterocycles. The number of carbonyl (C=O) groups excluding carboxylic acids is 1. The van der Waals surface area contributed by atoms with E-state index in [9.17, 15) is 4.79 Å². The van der Waals surface area contributed by atoms with E-state index in [1.54, 1.807) is 6.92 Å². The average Bonchev–Trinajstić information content (AvgIpc) is 2.68. The Morgan fingerprint density at radius 1 is 0.923 bits per heavy atom. The van der Waals surface area contributed by atoms with Gasteiger partial charge in [-0.05, 0) is 6.92 Å². The van der Waals surface area contributed by atoms with Crippen molar-refractivity contribution < 1.29 is 9.53 Å². The lowest BCUT2D eigenvalue weighted by Crippen LogP contribution is -2.20. The van der Waals surface area contributed by atoms with Gasteiger partial charge in [-0.15, -0.1) is 0 Å². The Hall–Kier alpha value is -3.21. The van der Waals surface area contributed by atoms with Crippen LogP contribution in [-0.2, 0) is 4.74 Å². The highest BCUT2D eigenvalue weighted by atomic mass is 16.5. The van der Waals surface area contributed by atoms with Gasteiger partial charge in [0.1, 0.15) is 11.4 Å². The van der Waals surface area contributed by atoms with E-state index in [0.29, 0.717) is 29.5 Å². The number of ether oxygens (including phenoxy) is 1. The molecule has 0 radical (unpaired) electrons. The zero-order chi connectivity index (χ0) is 18.5. The highest BCUT2D eigenvalue weighted by molar-refractivity contribution is 6.01. The molecule has 0 fully saturated rings. The molecule has 132 valence electrons. The molecule has 0 aliphatic carbocycles. The Kier molecular flexibility index (Phi) is 5.27. The molecule has 5 nitrogen and oxygen atoms in total. The van der Waals surface area contributed by atoms with Crippen molar-refractivity contribution in [3.05, 3.63) is 66.2 Å². The van der Waals surface area contributed by atoms with Crippen LogP contribution in [0.5, 0.6) is 0 Å². The van der Waals surface area contributed by atoms with Crippen molar-refractivity contribution >= 4 is 11.8 Å². The number of benzene rings is 2. The quantitative estimate of drug-likeness (QED) is 0.652. The first-order chi connectivity index (χ1) is 12.6. The fraction of sp³-hybridized carbons (Fsp3) is 0.190. The molecule has 0 aliphatic heterocycles. The molecule has 3 rings (SSSR count). The summed E-state index contributed by atoms with van der Waals surface area (Å²) in [4.78, 5) is 23.9. The van der Waals surface area contributed by atoms with Crippen molar-refractivity contribution in [3.8, 4) is 22.6 Å². The second kappa shape index (κ2) is 7.78. The summed E-state index contributed by atoms with van der Waals surface area (Å²) in [7, 11) is 3.71. The van der Waals surface area contributed by atoms with Crippen molar-refractivity contribution in [2.45, 2.75) is 6.92 Å². The molecular formula is C21H21N3O2. The van der Waals surface area contributed by atoms with Crippen molar-refractivity contribution in [2.24, 2.45) is 0 Å². The Morgan fingerprint density at radius 2 is 1.50 bits per heavy atom. The highest BCUT2D eigenvalue weighted by Gasteiger charge is 2.24. The molecule has 5 heteroatoms. The van der Waals surface area contributed by atoms with Crippen LogP contribution in [0.3, 0.4) is 0 Å². The molecule has 0 saturated heterocycles. The first kappa shape index (κ1) is 17.6. The zero-order valence-electron chi connectivity index (χ0n) is 15.1. The highest BCUT2D eigenvalue weighted by Crippen LogP contribution is 2.31. The van der Waals surface area contributed by atoms with E-state index in [0.717, 1.165) is 11.1 Å². The number of esters is 1. The van der Waals surface area contributed by atoms with Crippen molar-refractivity contribution in [1.29, 1.82) is 0 Å². The van der Waals surface area contributed by atoms with Gasteiger partial charge in [0, 0.05) is 25.2 Å². The standard InChI is InChI=1S/C21H21N3O2/c1-4-26-21(25)17-18(15-11-7-5-8-12-15)22-19(23-20(17)24(2)3)16-13-9-6-10-14-16/h5-14H,4H2,1-3H3. The van der Waals surface area contributed by atoms with Crippen LogP contribution >= 0.6 is 0 Å². The van der Waals surface area contributed by atoms with Crippen LogP contribution < -0.4 is 4.90 Å². The summed E-state index contributed by atoms with van der Waals surface area (Å²) < 4.78 is 5.28. The number of aromatic nitrogens is 2. The van der Waals surface area contributed by atoms with Gasteiger partial charge in [0.2, 0.25) is 0 Å². The van der Waals surface area contributed by atoms with Gasteiger partial charge >= 0.3 is 5.97 Å². The third-order valence-corrected chi connectivity index (χ3v) is 3.87. The predicted octanol–water partition coefficient (Wildman–Crippen LogP) is 4.05. The van der Waals surface area contributed by atoms with Gasteiger partial charge in [-0.25, -0.2) is 14.8 Å². The number of anilines is 1. The molecule has 0 amide bonds. The maximum atomic E-state index is 12.7. The smallest absolute Gasteiger partial charge is 0.344 e.